The molecule has 0 spiro atoms. The molecule has 0 aliphatic rings. The van der Waals surface area contributed by atoms with Gasteiger partial charge in [0.2, 0.25) is 0 Å². The molecule has 0 bridgehead atoms. The number of hydrogen-bond acceptors (Lipinski definition) is 2. The van der Waals surface area contributed by atoms with Gasteiger partial charge in [0.1, 0.15) is 5.15 Å². The van der Waals surface area contributed by atoms with Gasteiger partial charge in [0.25, 0.3) is 0 Å². The second-order valence-electron chi connectivity index (χ2n) is 2.53. The Labute approximate surface area is 81.1 Å². The zero-order valence-corrected chi connectivity index (χ0v) is 8.10. The normalized spacial score (nSPS) is 13.0. The minimum atomic E-state index is -0.661. The van der Waals surface area contributed by atoms with E-state index in [0.29, 0.717) is 10.7 Å². The van der Waals surface area contributed by atoms with Crippen LogP contribution in [0.3, 0.4) is 0 Å². The zero-order valence-electron chi connectivity index (χ0n) is 6.59. The van der Waals surface area contributed by atoms with Crippen molar-refractivity contribution in [2.45, 2.75) is 13.0 Å². The number of aliphatic hydroxyl groups excluding tert-OH is 1. The van der Waals surface area contributed by atoms with Crippen LogP contribution in [0.1, 0.15) is 17.4 Å². The number of rotatable bonds is 2. The van der Waals surface area contributed by atoms with Crippen LogP contribution in [-0.2, 0) is 0 Å². The third-order valence-electron chi connectivity index (χ3n) is 1.48. The van der Waals surface area contributed by atoms with E-state index in [1.54, 1.807) is 12.1 Å². The van der Waals surface area contributed by atoms with Crippen molar-refractivity contribution in [3.8, 4) is 0 Å². The molecule has 0 saturated heterocycles. The standard InChI is InChI=1S/C8H9Cl2NO/c1-5-2-6(7(12)4-9)3-8(10)11-5/h2-3,7,12H,4H2,1H3. The molecule has 0 amide bonds. The van der Waals surface area contributed by atoms with Crippen molar-refractivity contribution < 1.29 is 5.11 Å². The number of aryl methyl sites for hydroxylation is 1. The fraction of sp³-hybridized carbons (Fsp3) is 0.375. The summed E-state index contributed by atoms with van der Waals surface area (Å²) in [6.07, 6.45) is -0.661. The summed E-state index contributed by atoms with van der Waals surface area (Å²) in [6, 6.07) is 3.38. The van der Waals surface area contributed by atoms with Crippen molar-refractivity contribution in [2.75, 3.05) is 5.88 Å². The Morgan fingerprint density at radius 1 is 1.58 bits per heavy atom. The molecule has 4 heteroatoms. The van der Waals surface area contributed by atoms with Crippen LogP contribution >= 0.6 is 23.2 Å². The molecule has 0 fully saturated rings. The fourth-order valence-electron chi connectivity index (χ4n) is 0.935. The minimum Gasteiger partial charge on any atom is -0.387 e. The first-order valence-corrected chi connectivity index (χ1v) is 4.43. The maximum atomic E-state index is 9.36. The maximum Gasteiger partial charge on any atom is 0.129 e. The lowest BCUT2D eigenvalue weighted by Gasteiger charge is -2.07. The predicted octanol–water partition coefficient (Wildman–Crippen LogP) is 2.32. The van der Waals surface area contributed by atoms with E-state index < -0.39 is 6.10 Å². The third-order valence-corrected chi connectivity index (χ3v) is 1.96. The third kappa shape index (κ3) is 2.34. The van der Waals surface area contributed by atoms with Crippen molar-refractivity contribution >= 4 is 23.2 Å². The molecule has 0 radical (unpaired) electrons. The Balaban J connectivity index is 3.00. The molecule has 0 saturated carbocycles. The highest BCUT2D eigenvalue weighted by Crippen LogP contribution is 2.18. The molecule has 0 aromatic carbocycles. The van der Waals surface area contributed by atoms with Gasteiger partial charge in [-0.15, -0.1) is 11.6 Å². The molecule has 12 heavy (non-hydrogen) atoms. The Morgan fingerprint density at radius 3 is 2.75 bits per heavy atom. The highest BCUT2D eigenvalue weighted by Gasteiger charge is 2.07. The van der Waals surface area contributed by atoms with Crippen LogP contribution in [0.15, 0.2) is 12.1 Å². The summed E-state index contributed by atoms with van der Waals surface area (Å²) >= 11 is 11.2. The van der Waals surface area contributed by atoms with Crippen LogP contribution in [0.25, 0.3) is 0 Å². The summed E-state index contributed by atoms with van der Waals surface area (Å²) in [5.74, 6) is 0.166. The van der Waals surface area contributed by atoms with Crippen LogP contribution < -0.4 is 0 Å². The molecule has 1 atom stereocenters. The van der Waals surface area contributed by atoms with Crippen molar-refractivity contribution in [3.05, 3.63) is 28.5 Å². The summed E-state index contributed by atoms with van der Waals surface area (Å²) < 4.78 is 0. The highest BCUT2D eigenvalue weighted by atomic mass is 35.5. The first-order chi connectivity index (χ1) is 5.63. The van der Waals surface area contributed by atoms with Gasteiger partial charge in [0.05, 0.1) is 12.0 Å². The van der Waals surface area contributed by atoms with E-state index in [1.807, 2.05) is 6.92 Å². The monoisotopic (exact) mass is 205 g/mol. The van der Waals surface area contributed by atoms with Gasteiger partial charge in [0.15, 0.2) is 0 Å². The summed E-state index contributed by atoms with van der Waals surface area (Å²) in [4.78, 5) is 3.96. The van der Waals surface area contributed by atoms with Crippen LogP contribution in [0.2, 0.25) is 5.15 Å². The van der Waals surface area contributed by atoms with Gasteiger partial charge >= 0.3 is 0 Å². The molecular weight excluding hydrogens is 197 g/mol. The molecular formula is C8H9Cl2NO. The Morgan fingerprint density at radius 2 is 2.25 bits per heavy atom. The topological polar surface area (TPSA) is 33.1 Å². The van der Waals surface area contributed by atoms with Crippen LogP contribution in [0.5, 0.6) is 0 Å². The lowest BCUT2D eigenvalue weighted by atomic mass is 10.1. The van der Waals surface area contributed by atoms with Gasteiger partial charge in [-0.25, -0.2) is 4.98 Å². The van der Waals surface area contributed by atoms with Crippen LogP contribution in [0.4, 0.5) is 0 Å². The summed E-state index contributed by atoms with van der Waals surface area (Å²) in [6.45, 7) is 1.82. The second kappa shape index (κ2) is 4.08. The lowest BCUT2D eigenvalue weighted by Crippen LogP contribution is -1.99. The van der Waals surface area contributed by atoms with Gasteiger partial charge in [0, 0.05) is 5.69 Å². The number of aromatic nitrogens is 1. The molecule has 1 heterocycles. The van der Waals surface area contributed by atoms with E-state index in [1.165, 1.54) is 0 Å². The van der Waals surface area contributed by atoms with Gasteiger partial charge in [-0.2, -0.15) is 0 Å². The molecule has 1 N–H and O–H groups in total. The van der Waals surface area contributed by atoms with Gasteiger partial charge in [-0.3, -0.25) is 0 Å². The van der Waals surface area contributed by atoms with Crippen LogP contribution in [0, 0.1) is 6.92 Å². The molecule has 0 aliphatic carbocycles. The molecule has 1 unspecified atom stereocenters. The van der Waals surface area contributed by atoms with E-state index in [9.17, 15) is 5.11 Å². The summed E-state index contributed by atoms with van der Waals surface area (Å²) in [7, 11) is 0. The maximum absolute atomic E-state index is 9.36. The van der Waals surface area contributed by atoms with E-state index >= 15 is 0 Å². The Bertz CT molecular complexity index is 258. The minimum absolute atomic E-state index is 0.166. The average molecular weight is 206 g/mol. The van der Waals surface area contributed by atoms with Gasteiger partial charge in [-0.05, 0) is 24.6 Å². The number of nitrogens with zero attached hydrogens (tertiary/aromatic N) is 1. The number of halogens is 2. The van der Waals surface area contributed by atoms with Crippen molar-refractivity contribution in [2.24, 2.45) is 0 Å². The lowest BCUT2D eigenvalue weighted by molar-refractivity contribution is 0.202. The SMILES string of the molecule is Cc1cc(C(O)CCl)cc(Cl)n1. The van der Waals surface area contributed by atoms with Gasteiger partial charge < -0.3 is 5.11 Å². The van der Waals surface area contributed by atoms with Gasteiger partial charge in [-0.1, -0.05) is 11.6 Å². The second-order valence-corrected chi connectivity index (χ2v) is 3.23. The molecule has 0 aliphatic heterocycles. The molecule has 1 rings (SSSR count). The van der Waals surface area contributed by atoms with E-state index in [-0.39, 0.29) is 5.88 Å². The average Bonchev–Trinajstić information content (AvgIpc) is 2.01. The smallest absolute Gasteiger partial charge is 0.129 e. The quantitative estimate of drug-likeness (QED) is 0.594. The number of hydrogen-bond donors (Lipinski definition) is 1. The highest BCUT2D eigenvalue weighted by molar-refractivity contribution is 6.29. The first kappa shape index (κ1) is 9.78. The van der Waals surface area contributed by atoms with Crippen molar-refractivity contribution in [1.29, 1.82) is 0 Å². The zero-order chi connectivity index (χ0) is 9.14. The number of aliphatic hydroxyl groups is 1. The predicted molar refractivity (Wildman–Crippen MR) is 49.7 cm³/mol. The Hall–Kier alpha value is -0.310. The number of alkyl halides is 1. The van der Waals surface area contributed by atoms with Crippen molar-refractivity contribution in [1.82, 2.24) is 4.98 Å². The number of pyridine rings is 1. The fourth-order valence-corrected chi connectivity index (χ4v) is 1.37. The molecule has 2 nitrogen and oxygen atoms in total. The van der Waals surface area contributed by atoms with Crippen molar-refractivity contribution in [3.63, 3.8) is 0 Å². The van der Waals surface area contributed by atoms with E-state index in [2.05, 4.69) is 4.98 Å². The van der Waals surface area contributed by atoms with Crippen LogP contribution in [-0.4, -0.2) is 16.0 Å². The molecule has 1 aromatic rings. The Kier molecular flexibility index (Phi) is 3.32. The first-order valence-electron chi connectivity index (χ1n) is 3.51. The summed E-state index contributed by atoms with van der Waals surface area (Å²) in [5.41, 5.74) is 1.49. The van der Waals surface area contributed by atoms with E-state index in [0.717, 1.165) is 5.69 Å². The van der Waals surface area contributed by atoms with E-state index in [4.69, 9.17) is 23.2 Å². The largest absolute Gasteiger partial charge is 0.387 e. The molecule has 1 aromatic heterocycles. The summed E-state index contributed by atoms with van der Waals surface area (Å²) in [5, 5.41) is 9.74. The molecule has 66 valence electrons.